The van der Waals surface area contributed by atoms with Gasteiger partial charge in [-0.1, -0.05) is 60.7 Å². The van der Waals surface area contributed by atoms with Crippen molar-refractivity contribution in [3.8, 4) is 6.07 Å². The van der Waals surface area contributed by atoms with Crippen molar-refractivity contribution in [1.29, 1.82) is 5.26 Å². The standard InChI is InChI=1S/C17H16N2/c18-13-15-19(17-11-5-2-6-12-17)14-7-10-16-8-3-1-4-9-16/h1-12H,14-15H2/b10-7+. The molecule has 0 unspecified atom stereocenters. The maximum atomic E-state index is 8.90. The van der Waals surface area contributed by atoms with Crippen molar-refractivity contribution in [2.45, 2.75) is 0 Å². The molecule has 0 atom stereocenters. The molecule has 0 aliphatic heterocycles. The SMILES string of the molecule is N#CCN(C/C=C/c1ccccc1)c1ccccc1. The molecule has 0 fully saturated rings. The van der Waals surface area contributed by atoms with E-state index in [-0.39, 0.29) is 0 Å². The maximum absolute atomic E-state index is 8.90. The van der Waals surface area contributed by atoms with E-state index < -0.39 is 0 Å². The molecule has 0 heterocycles. The molecule has 0 spiro atoms. The number of rotatable bonds is 5. The summed E-state index contributed by atoms with van der Waals surface area (Å²) in [4.78, 5) is 2.04. The van der Waals surface area contributed by atoms with E-state index in [1.165, 1.54) is 5.56 Å². The largest absolute Gasteiger partial charge is 0.354 e. The highest BCUT2D eigenvalue weighted by Crippen LogP contribution is 2.12. The van der Waals surface area contributed by atoms with Gasteiger partial charge >= 0.3 is 0 Å². The Labute approximate surface area is 114 Å². The molecule has 0 aliphatic rings. The van der Waals surface area contributed by atoms with Crippen LogP contribution in [0, 0.1) is 11.3 Å². The highest BCUT2D eigenvalue weighted by molar-refractivity contribution is 5.52. The Bertz CT molecular complexity index is 553. The molecule has 0 aliphatic carbocycles. The van der Waals surface area contributed by atoms with E-state index in [9.17, 15) is 0 Å². The van der Waals surface area contributed by atoms with Crippen LogP contribution in [0.4, 0.5) is 5.69 Å². The second-order valence-corrected chi connectivity index (χ2v) is 4.19. The van der Waals surface area contributed by atoms with Crippen LogP contribution in [0.3, 0.4) is 0 Å². The van der Waals surface area contributed by atoms with Gasteiger partial charge < -0.3 is 4.90 Å². The van der Waals surface area contributed by atoms with Gasteiger partial charge in [-0.15, -0.1) is 0 Å². The molecule has 2 rings (SSSR count). The summed E-state index contributed by atoms with van der Waals surface area (Å²) in [5.74, 6) is 0. The Balaban J connectivity index is 2.02. The average Bonchev–Trinajstić information content (AvgIpc) is 2.48. The van der Waals surface area contributed by atoms with E-state index in [1.54, 1.807) is 0 Å². The first-order valence-corrected chi connectivity index (χ1v) is 6.28. The Morgan fingerprint density at radius 2 is 1.58 bits per heavy atom. The van der Waals surface area contributed by atoms with Crippen molar-refractivity contribution in [1.82, 2.24) is 0 Å². The molecule has 0 N–H and O–H groups in total. The van der Waals surface area contributed by atoms with E-state index in [1.807, 2.05) is 53.4 Å². The number of nitrogens with zero attached hydrogens (tertiary/aromatic N) is 2. The monoisotopic (exact) mass is 248 g/mol. The summed E-state index contributed by atoms with van der Waals surface area (Å²) in [7, 11) is 0. The van der Waals surface area contributed by atoms with Gasteiger partial charge in [0.2, 0.25) is 0 Å². The van der Waals surface area contributed by atoms with E-state index in [4.69, 9.17) is 5.26 Å². The molecule has 0 saturated heterocycles. The lowest BCUT2D eigenvalue weighted by Gasteiger charge is -2.19. The van der Waals surface area contributed by atoms with Crippen LogP contribution < -0.4 is 4.90 Å². The van der Waals surface area contributed by atoms with Gasteiger partial charge in [0.1, 0.15) is 6.54 Å². The third-order valence-electron chi connectivity index (χ3n) is 2.82. The molecule has 2 nitrogen and oxygen atoms in total. The van der Waals surface area contributed by atoms with Crippen molar-refractivity contribution in [2.24, 2.45) is 0 Å². The fourth-order valence-corrected chi connectivity index (χ4v) is 1.87. The van der Waals surface area contributed by atoms with Crippen LogP contribution in [0.1, 0.15) is 5.56 Å². The normalized spacial score (nSPS) is 10.3. The molecule has 2 heteroatoms. The van der Waals surface area contributed by atoms with E-state index >= 15 is 0 Å². The number of nitriles is 1. The molecule has 0 bridgehead atoms. The van der Waals surface area contributed by atoms with Gasteiger partial charge in [-0.3, -0.25) is 0 Å². The summed E-state index contributed by atoms with van der Waals surface area (Å²) in [5, 5.41) is 8.90. The lowest BCUT2D eigenvalue weighted by molar-refractivity contribution is 0.962. The van der Waals surface area contributed by atoms with Gasteiger partial charge in [-0.25, -0.2) is 0 Å². The Kier molecular flexibility index (Phi) is 4.78. The topological polar surface area (TPSA) is 27.0 Å². The third kappa shape index (κ3) is 4.01. The zero-order valence-electron chi connectivity index (χ0n) is 10.7. The summed E-state index contributed by atoms with van der Waals surface area (Å²) < 4.78 is 0. The van der Waals surface area contributed by atoms with Gasteiger partial charge in [-0.2, -0.15) is 5.26 Å². The molecule has 2 aromatic rings. The van der Waals surface area contributed by atoms with E-state index in [0.29, 0.717) is 6.54 Å². The van der Waals surface area contributed by atoms with Crippen molar-refractivity contribution in [3.05, 3.63) is 72.3 Å². The molecule has 94 valence electrons. The van der Waals surface area contributed by atoms with Gasteiger partial charge in [-0.05, 0) is 17.7 Å². The predicted molar refractivity (Wildman–Crippen MR) is 79.7 cm³/mol. The second-order valence-electron chi connectivity index (χ2n) is 4.19. The fourth-order valence-electron chi connectivity index (χ4n) is 1.87. The molecule has 0 amide bonds. The molecule has 2 aromatic carbocycles. The minimum absolute atomic E-state index is 0.392. The van der Waals surface area contributed by atoms with Crippen molar-refractivity contribution in [3.63, 3.8) is 0 Å². The Hall–Kier alpha value is -2.53. The van der Waals surface area contributed by atoms with Crippen LogP contribution in [0.5, 0.6) is 0 Å². The summed E-state index contributed by atoms with van der Waals surface area (Å²) in [6, 6.07) is 22.4. The first-order valence-electron chi connectivity index (χ1n) is 6.28. The van der Waals surface area contributed by atoms with Crippen LogP contribution in [-0.4, -0.2) is 13.1 Å². The number of hydrogen-bond donors (Lipinski definition) is 0. The lowest BCUT2D eigenvalue weighted by atomic mass is 10.2. The van der Waals surface area contributed by atoms with Crippen molar-refractivity contribution >= 4 is 11.8 Å². The molecular formula is C17H16N2. The van der Waals surface area contributed by atoms with Gasteiger partial charge in [0.05, 0.1) is 6.07 Å². The van der Waals surface area contributed by atoms with Crippen molar-refractivity contribution < 1.29 is 0 Å². The smallest absolute Gasteiger partial charge is 0.106 e. The average molecular weight is 248 g/mol. The number of hydrogen-bond acceptors (Lipinski definition) is 2. The first kappa shape index (κ1) is 12.9. The summed E-state index contributed by atoms with van der Waals surface area (Å²) >= 11 is 0. The van der Waals surface area contributed by atoms with Crippen LogP contribution in [0.2, 0.25) is 0 Å². The highest BCUT2D eigenvalue weighted by atomic mass is 15.1. The number of anilines is 1. The lowest BCUT2D eigenvalue weighted by Crippen LogP contribution is -2.23. The molecule has 0 radical (unpaired) electrons. The third-order valence-corrected chi connectivity index (χ3v) is 2.82. The van der Waals surface area contributed by atoms with Crippen LogP contribution in [0.25, 0.3) is 6.08 Å². The highest BCUT2D eigenvalue weighted by Gasteiger charge is 2.02. The van der Waals surface area contributed by atoms with Crippen LogP contribution in [0.15, 0.2) is 66.7 Å². The quantitative estimate of drug-likeness (QED) is 0.754. The van der Waals surface area contributed by atoms with Gasteiger partial charge in [0.25, 0.3) is 0 Å². The number of benzene rings is 2. The summed E-state index contributed by atoms with van der Waals surface area (Å²) in [5.41, 5.74) is 2.24. The fraction of sp³-hybridized carbons (Fsp3) is 0.118. The predicted octanol–water partition coefficient (Wildman–Crippen LogP) is 3.73. The van der Waals surface area contributed by atoms with E-state index in [2.05, 4.69) is 30.4 Å². The van der Waals surface area contributed by atoms with Gasteiger partial charge in [0.15, 0.2) is 0 Å². The van der Waals surface area contributed by atoms with Crippen LogP contribution >= 0.6 is 0 Å². The summed E-state index contributed by atoms with van der Waals surface area (Å²) in [6.45, 7) is 1.12. The Morgan fingerprint density at radius 3 is 2.21 bits per heavy atom. The Morgan fingerprint density at radius 1 is 0.947 bits per heavy atom. The molecule has 0 saturated carbocycles. The maximum Gasteiger partial charge on any atom is 0.106 e. The zero-order valence-corrected chi connectivity index (χ0v) is 10.7. The number of para-hydroxylation sites is 1. The summed E-state index contributed by atoms with van der Waals surface area (Å²) in [6.07, 6.45) is 4.16. The molecule has 0 aromatic heterocycles. The first-order chi connectivity index (χ1) is 9.40. The van der Waals surface area contributed by atoms with E-state index in [0.717, 1.165) is 12.2 Å². The van der Waals surface area contributed by atoms with Crippen LogP contribution in [-0.2, 0) is 0 Å². The zero-order chi connectivity index (χ0) is 13.3. The van der Waals surface area contributed by atoms with Gasteiger partial charge in [0, 0.05) is 12.2 Å². The minimum Gasteiger partial charge on any atom is -0.354 e. The second kappa shape index (κ2) is 7.03. The minimum atomic E-state index is 0.392. The van der Waals surface area contributed by atoms with Crippen molar-refractivity contribution in [2.75, 3.05) is 18.0 Å². The molecule has 19 heavy (non-hydrogen) atoms. The molecular weight excluding hydrogens is 232 g/mol.